The molecule has 2 fully saturated rings. The van der Waals surface area contributed by atoms with Gasteiger partial charge in [-0.05, 0) is 36.4 Å². The van der Waals surface area contributed by atoms with Crippen molar-refractivity contribution in [3.8, 4) is 0 Å². The molecule has 0 spiro atoms. The average Bonchev–Trinajstić information content (AvgIpc) is 3.45. The largest absolute Gasteiger partial charge is 0.507 e. The fourth-order valence-electron chi connectivity index (χ4n) is 4.19. The number of ether oxygens (including phenoxy) is 1. The third kappa shape index (κ3) is 4.51. The molecule has 1 amide bonds. The maximum absolute atomic E-state index is 13.0. The zero-order valence-electron chi connectivity index (χ0n) is 19.1. The van der Waals surface area contributed by atoms with Crippen LogP contribution >= 0.6 is 0 Å². The third-order valence-electron chi connectivity index (χ3n) is 6.17. The van der Waals surface area contributed by atoms with E-state index in [1.54, 1.807) is 12.1 Å². The molecule has 1 atom stereocenters. The molecule has 2 N–H and O–H groups in total. The van der Waals surface area contributed by atoms with E-state index < -0.39 is 27.8 Å². The normalized spacial score (nSPS) is 21.5. The highest BCUT2D eigenvalue weighted by molar-refractivity contribution is 7.89. The second-order valence-corrected chi connectivity index (χ2v) is 10.6. The molecule has 4 rings (SSSR count). The van der Waals surface area contributed by atoms with Crippen LogP contribution < -0.4 is 4.90 Å². The molecule has 182 valence electrons. The Kier molecular flexibility index (Phi) is 6.89. The predicted molar refractivity (Wildman–Crippen MR) is 121 cm³/mol. The lowest BCUT2D eigenvalue weighted by molar-refractivity contribution is -0.907. The smallest absolute Gasteiger partial charge is 0.295 e. The van der Waals surface area contributed by atoms with E-state index in [2.05, 4.69) is 0 Å². The van der Waals surface area contributed by atoms with Gasteiger partial charge < -0.3 is 24.1 Å². The van der Waals surface area contributed by atoms with Crippen molar-refractivity contribution in [2.24, 2.45) is 0 Å². The van der Waals surface area contributed by atoms with Crippen LogP contribution in [0.3, 0.4) is 0 Å². The number of aliphatic hydroxyl groups is 1. The van der Waals surface area contributed by atoms with Crippen LogP contribution in [-0.2, 0) is 24.3 Å². The minimum Gasteiger partial charge on any atom is -0.507 e. The molecule has 11 heteroatoms. The Bertz CT molecular complexity index is 1180. The Hall–Kier alpha value is -2.99. The van der Waals surface area contributed by atoms with E-state index in [1.165, 1.54) is 54.4 Å². The van der Waals surface area contributed by atoms with E-state index in [0.29, 0.717) is 32.1 Å². The highest BCUT2D eigenvalue weighted by Crippen LogP contribution is 2.39. The number of amides is 1. The summed E-state index contributed by atoms with van der Waals surface area (Å²) in [4.78, 5) is 28.7. The van der Waals surface area contributed by atoms with E-state index in [-0.39, 0.29) is 21.8 Å². The summed E-state index contributed by atoms with van der Waals surface area (Å²) in [5, 5.41) is 11.1. The van der Waals surface area contributed by atoms with Crippen LogP contribution in [0.2, 0.25) is 0 Å². The molecule has 2 aromatic rings. The van der Waals surface area contributed by atoms with Crippen molar-refractivity contribution >= 4 is 27.5 Å². The number of ketones is 1. The first-order valence-corrected chi connectivity index (χ1v) is 12.4. The van der Waals surface area contributed by atoms with Crippen molar-refractivity contribution in [3.05, 3.63) is 59.6 Å². The van der Waals surface area contributed by atoms with Crippen molar-refractivity contribution in [3.63, 3.8) is 0 Å². The number of Topliss-reactive ketones (excluding diaryl/α,β-unsaturated/α-hetero) is 1. The number of sulfonamides is 1. The number of nitrogens with zero attached hydrogens (tertiary/aromatic N) is 2. The Morgan fingerprint density at radius 2 is 1.82 bits per heavy atom. The molecule has 2 aliphatic rings. The average molecular weight is 491 g/mol. The minimum atomic E-state index is -3.65. The van der Waals surface area contributed by atoms with Crippen LogP contribution in [0.15, 0.2) is 57.5 Å². The number of rotatable bonds is 7. The first kappa shape index (κ1) is 24.1. The molecule has 2 saturated heterocycles. The Labute approximate surface area is 198 Å². The minimum absolute atomic E-state index is 0.0468. The van der Waals surface area contributed by atoms with E-state index in [9.17, 15) is 23.1 Å². The molecule has 0 saturated carbocycles. The van der Waals surface area contributed by atoms with Crippen molar-refractivity contribution in [1.29, 1.82) is 0 Å². The van der Waals surface area contributed by atoms with Crippen molar-refractivity contribution in [2.45, 2.75) is 10.9 Å². The van der Waals surface area contributed by atoms with Gasteiger partial charge in [-0.25, -0.2) is 12.7 Å². The lowest BCUT2D eigenvalue weighted by atomic mass is 9.99. The van der Waals surface area contributed by atoms with Gasteiger partial charge in [-0.1, -0.05) is 0 Å². The number of morpholine rings is 1. The lowest BCUT2D eigenvalue weighted by Gasteiger charge is -2.28. The van der Waals surface area contributed by atoms with Crippen LogP contribution in [0.4, 0.5) is 0 Å². The van der Waals surface area contributed by atoms with Crippen LogP contribution in [-0.4, -0.2) is 87.9 Å². The van der Waals surface area contributed by atoms with E-state index in [0.717, 1.165) is 17.4 Å². The highest BCUT2D eigenvalue weighted by Gasteiger charge is 2.47. The summed E-state index contributed by atoms with van der Waals surface area (Å²) in [6.45, 7) is 3.87. The van der Waals surface area contributed by atoms with Gasteiger partial charge in [0.05, 0.1) is 43.0 Å². The summed E-state index contributed by atoms with van der Waals surface area (Å²) in [5.74, 6) is -1.53. The molecule has 1 aromatic heterocycles. The maximum atomic E-state index is 13.0. The summed E-state index contributed by atoms with van der Waals surface area (Å²) < 4.78 is 36.7. The third-order valence-corrected chi connectivity index (χ3v) is 7.99. The van der Waals surface area contributed by atoms with Gasteiger partial charge in [-0.2, -0.15) is 0 Å². The molecule has 1 unspecified atom stereocenters. The van der Waals surface area contributed by atoms with E-state index in [1.807, 2.05) is 0 Å². The number of hydrogen-bond donors (Lipinski definition) is 2. The van der Waals surface area contributed by atoms with Gasteiger partial charge in [0.2, 0.25) is 10.0 Å². The molecule has 0 radical (unpaired) electrons. The van der Waals surface area contributed by atoms with Gasteiger partial charge in [0.25, 0.3) is 11.7 Å². The van der Waals surface area contributed by atoms with Crippen LogP contribution in [0.1, 0.15) is 17.4 Å². The topological polar surface area (TPSA) is 122 Å². The zero-order valence-corrected chi connectivity index (χ0v) is 19.9. The van der Waals surface area contributed by atoms with E-state index >= 15 is 0 Å². The van der Waals surface area contributed by atoms with Crippen molar-refractivity contribution in [2.75, 3.05) is 53.5 Å². The standard InChI is InChI=1S/C23H27N3O7S/c1-24(2)34(30,31)17-7-5-16(6-8-17)21(27)19-20(18-4-3-13-33-18)26(23(29)22(19)28)10-9-25-11-14-32-15-12-25/h3-8,13,20,27H,9-12,14-15H2,1-2H3/p+1. The highest BCUT2D eigenvalue weighted by atomic mass is 32.2. The van der Waals surface area contributed by atoms with Gasteiger partial charge in [0, 0.05) is 19.7 Å². The number of carbonyl (C=O) groups is 2. The Morgan fingerprint density at radius 3 is 2.41 bits per heavy atom. The molecular weight excluding hydrogens is 462 g/mol. The summed E-state index contributed by atoms with van der Waals surface area (Å²) in [5.41, 5.74) is 0.145. The second-order valence-electron chi connectivity index (χ2n) is 8.43. The van der Waals surface area contributed by atoms with Crippen LogP contribution in [0.25, 0.3) is 5.76 Å². The van der Waals surface area contributed by atoms with Gasteiger partial charge in [0.15, 0.2) is 0 Å². The fraction of sp³-hybridized carbons (Fsp3) is 0.391. The van der Waals surface area contributed by atoms with Crippen LogP contribution in [0.5, 0.6) is 0 Å². The number of benzene rings is 1. The quantitative estimate of drug-likeness (QED) is 0.315. The fourth-order valence-corrected chi connectivity index (χ4v) is 5.09. The first-order chi connectivity index (χ1) is 16.2. The molecular formula is C23H28N3O7S+. The second kappa shape index (κ2) is 9.71. The van der Waals surface area contributed by atoms with Crippen LogP contribution in [0, 0.1) is 0 Å². The predicted octanol–water partition coefficient (Wildman–Crippen LogP) is -0.133. The number of quaternary nitrogens is 1. The molecule has 10 nitrogen and oxygen atoms in total. The monoisotopic (exact) mass is 490 g/mol. The molecule has 0 bridgehead atoms. The number of furan rings is 1. The first-order valence-electron chi connectivity index (χ1n) is 11.0. The van der Waals surface area contributed by atoms with Gasteiger partial charge in [-0.3, -0.25) is 9.59 Å². The Balaban J connectivity index is 1.68. The van der Waals surface area contributed by atoms with Gasteiger partial charge in [-0.15, -0.1) is 0 Å². The molecule has 1 aromatic carbocycles. The summed E-state index contributed by atoms with van der Waals surface area (Å²) in [6.07, 6.45) is 1.45. The Morgan fingerprint density at radius 1 is 1.15 bits per heavy atom. The van der Waals surface area contributed by atoms with Gasteiger partial charge in [0.1, 0.15) is 30.7 Å². The SMILES string of the molecule is CN(C)S(=O)(=O)c1ccc(C(O)=C2C(=O)C(=O)N(CC[NH+]3CCOCC3)C2c2ccco2)cc1. The molecule has 34 heavy (non-hydrogen) atoms. The lowest BCUT2D eigenvalue weighted by Crippen LogP contribution is -3.14. The van der Waals surface area contributed by atoms with Gasteiger partial charge >= 0.3 is 0 Å². The summed E-state index contributed by atoms with van der Waals surface area (Å²) >= 11 is 0. The summed E-state index contributed by atoms with van der Waals surface area (Å²) in [7, 11) is -0.804. The number of aliphatic hydroxyl groups excluding tert-OH is 1. The van der Waals surface area contributed by atoms with Crippen molar-refractivity contribution in [1.82, 2.24) is 9.21 Å². The molecule has 2 aliphatic heterocycles. The number of nitrogens with one attached hydrogen (secondary N) is 1. The number of carbonyl (C=O) groups excluding carboxylic acids is 2. The summed E-state index contributed by atoms with van der Waals surface area (Å²) in [6, 6.07) is 7.97. The van der Waals surface area contributed by atoms with E-state index in [4.69, 9.17) is 9.15 Å². The molecule has 0 aliphatic carbocycles. The zero-order chi connectivity index (χ0) is 24.5. The van der Waals surface area contributed by atoms with Crippen molar-refractivity contribution < 1.29 is 37.2 Å². The molecule has 3 heterocycles. The number of likely N-dealkylation sites (tertiary alicyclic amines) is 1. The number of hydrogen-bond acceptors (Lipinski definition) is 7. The maximum Gasteiger partial charge on any atom is 0.295 e.